The number of hydrogen-bond acceptors (Lipinski definition) is 3. The Kier molecular flexibility index (Phi) is 4.51. The van der Waals surface area contributed by atoms with Crippen LogP contribution in [0.15, 0.2) is 18.2 Å². The highest BCUT2D eigenvalue weighted by atomic mass is 32.2. The third-order valence-electron chi connectivity index (χ3n) is 3.38. The van der Waals surface area contributed by atoms with E-state index in [9.17, 15) is 9.50 Å². The number of aliphatic hydroxyl groups excluding tert-OH is 1. The van der Waals surface area contributed by atoms with E-state index < -0.39 is 6.10 Å². The van der Waals surface area contributed by atoms with Crippen molar-refractivity contribution in [1.82, 2.24) is 0 Å². The summed E-state index contributed by atoms with van der Waals surface area (Å²) in [6.07, 6.45) is 0.463. The molecule has 1 aromatic rings. The summed E-state index contributed by atoms with van der Waals surface area (Å²) in [5, 5.41) is 10.3. The second-order valence-corrected chi connectivity index (χ2v) is 6.11. The Bertz CT molecular complexity index is 411. The first-order chi connectivity index (χ1) is 8.63. The standard InChI is InChI=1S/C14H20FNOS/c1-3-11-9-16(7-8-18-11)14-12(10(2)17)5-4-6-13(14)15/h4-6,10-11,17H,3,7-9H2,1-2H3/t10-,11?/m0/s1. The van der Waals surface area contributed by atoms with E-state index in [4.69, 9.17) is 0 Å². The van der Waals surface area contributed by atoms with Crippen molar-refractivity contribution in [3.8, 4) is 0 Å². The first-order valence-corrected chi connectivity index (χ1v) is 7.51. The van der Waals surface area contributed by atoms with Gasteiger partial charge in [0.25, 0.3) is 0 Å². The summed E-state index contributed by atoms with van der Waals surface area (Å²) in [6, 6.07) is 4.95. The molecule has 0 spiro atoms. The molecule has 2 nitrogen and oxygen atoms in total. The molecule has 1 fully saturated rings. The van der Waals surface area contributed by atoms with E-state index in [1.165, 1.54) is 6.07 Å². The van der Waals surface area contributed by atoms with Crippen molar-refractivity contribution in [3.05, 3.63) is 29.6 Å². The number of hydrogen-bond donors (Lipinski definition) is 1. The van der Waals surface area contributed by atoms with Crippen LogP contribution in [0.4, 0.5) is 10.1 Å². The van der Waals surface area contributed by atoms with E-state index in [1.54, 1.807) is 13.0 Å². The second kappa shape index (κ2) is 5.93. The molecular weight excluding hydrogens is 249 g/mol. The zero-order valence-corrected chi connectivity index (χ0v) is 11.7. The molecule has 100 valence electrons. The lowest BCUT2D eigenvalue weighted by molar-refractivity contribution is 0.199. The third-order valence-corrected chi connectivity index (χ3v) is 4.75. The van der Waals surface area contributed by atoms with Gasteiger partial charge in [0.15, 0.2) is 0 Å². The summed E-state index contributed by atoms with van der Waals surface area (Å²) < 4.78 is 14.1. The molecule has 0 radical (unpaired) electrons. The van der Waals surface area contributed by atoms with Crippen molar-refractivity contribution < 1.29 is 9.50 Å². The summed E-state index contributed by atoms with van der Waals surface area (Å²) in [4.78, 5) is 2.09. The molecule has 0 aliphatic carbocycles. The fourth-order valence-electron chi connectivity index (χ4n) is 2.37. The van der Waals surface area contributed by atoms with E-state index in [0.717, 1.165) is 25.3 Å². The van der Waals surface area contributed by atoms with Crippen LogP contribution >= 0.6 is 11.8 Å². The van der Waals surface area contributed by atoms with Gasteiger partial charge in [-0.2, -0.15) is 11.8 Å². The van der Waals surface area contributed by atoms with Crippen LogP contribution in [-0.2, 0) is 0 Å². The van der Waals surface area contributed by atoms with Gasteiger partial charge in [0.2, 0.25) is 0 Å². The molecule has 1 heterocycles. The number of benzene rings is 1. The molecule has 0 aromatic heterocycles. The topological polar surface area (TPSA) is 23.5 Å². The Balaban J connectivity index is 2.31. The Morgan fingerprint density at radius 1 is 1.56 bits per heavy atom. The maximum Gasteiger partial charge on any atom is 0.146 e. The number of para-hydroxylation sites is 1. The van der Waals surface area contributed by atoms with Crippen LogP contribution in [0.25, 0.3) is 0 Å². The lowest BCUT2D eigenvalue weighted by Gasteiger charge is -2.35. The zero-order chi connectivity index (χ0) is 13.1. The number of anilines is 1. The van der Waals surface area contributed by atoms with Crippen molar-refractivity contribution in [1.29, 1.82) is 0 Å². The van der Waals surface area contributed by atoms with Crippen molar-refractivity contribution in [2.45, 2.75) is 31.6 Å². The average molecular weight is 269 g/mol. The van der Waals surface area contributed by atoms with E-state index >= 15 is 0 Å². The smallest absolute Gasteiger partial charge is 0.146 e. The lowest BCUT2D eigenvalue weighted by Crippen LogP contribution is -2.38. The van der Waals surface area contributed by atoms with Gasteiger partial charge in [-0.05, 0) is 19.4 Å². The van der Waals surface area contributed by atoms with Crippen molar-refractivity contribution >= 4 is 17.4 Å². The normalized spacial score (nSPS) is 22.0. The number of thioether (sulfide) groups is 1. The third kappa shape index (κ3) is 2.81. The zero-order valence-electron chi connectivity index (χ0n) is 10.9. The molecule has 1 aliphatic rings. The fraction of sp³-hybridized carbons (Fsp3) is 0.571. The molecular formula is C14H20FNOS. The van der Waals surface area contributed by atoms with Crippen LogP contribution in [0.3, 0.4) is 0 Å². The average Bonchev–Trinajstić information content (AvgIpc) is 2.38. The Morgan fingerprint density at radius 3 is 3.00 bits per heavy atom. The molecule has 18 heavy (non-hydrogen) atoms. The molecule has 0 bridgehead atoms. The predicted octanol–water partition coefficient (Wildman–Crippen LogP) is 3.21. The molecule has 1 unspecified atom stereocenters. The van der Waals surface area contributed by atoms with Crippen molar-refractivity contribution in [3.63, 3.8) is 0 Å². The maximum atomic E-state index is 14.1. The van der Waals surface area contributed by atoms with Gasteiger partial charge in [-0.15, -0.1) is 0 Å². The van der Waals surface area contributed by atoms with Crippen molar-refractivity contribution in [2.24, 2.45) is 0 Å². The number of aliphatic hydroxyl groups is 1. The van der Waals surface area contributed by atoms with Gasteiger partial charge in [-0.3, -0.25) is 0 Å². The minimum absolute atomic E-state index is 0.227. The second-order valence-electron chi connectivity index (χ2n) is 4.70. The van der Waals surface area contributed by atoms with Crippen LogP contribution in [0.1, 0.15) is 31.9 Å². The van der Waals surface area contributed by atoms with Gasteiger partial charge >= 0.3 is 0 Å². The van der Waals surface area contributed by atoms with Gasteiger partial charge in [-0.25, -0.2) is 4.39 Å². The first-order valence-electron chi connectivity index (χ1n) is 6.46. The molecule has 2 atom stereocenters. The van der Waals surface area contributed by atoms with Gasteiger partial charge in [0, 0.05) is 29.7 Å². The van der Waals surface area contributed by atoms with Crippen LogP contribution in [-0.4, -0.2) is 29.2 Å². The molecule has 0 amide bonds. The van der Waals surface area contributed by atoms with E-state index in [-0.39, 0.29) is 5.82 Å². The highest BCUT2D eigenvalue weighted by Gasteiger charge is 2.24. The summed E-state index contributed by atoms with van der Waals surface area (Å²) in [6.45, 7) is 5.57. The van der Waals surface area contributed by atoms with Gasteiger partial charge < -0.3 is 10.0 Å². The SMILES string of the molecule is CCC1CN(c2c(F)cccc2[C@H](C)O)CCS1. The summed E-state index contributed by atoms with van der Waals surface area (Å²) in [5.41, 5.74) is 1.28. The Morgan fingerprint density at radius 2 is 2.33 bits per heavy atom. The maximum absolute atomic E-state index is 14.1. The molecule has 2 rings (SSSR count). The monoisotopic (exact) mass is 269 g/mol. The van der Waals surface area contributed by atoms with E-state index in [2.05, 4.69) is 11.8 Å². The van der Waals surface area contributed by atoms with E-state index in [1.807, 2.05) is 17.8 Å². The molecule has 0 saturated carbocycles. The molecule has 1 N–H and O–H groups in total. The van der Waals surface area contributed by atoms with E-state index in [0.29, 0.717) is 16.5 Å². The van der Waals surface area contributed by atoms with Gasteiger partial charge in [-0.1, -0.05) is 19.1 Å². The van der Waals surface area contributed by atoms with Crippen LogP contribution in [0.5, 0.6) is 0 Å². The van der Waals surface area contributed by atoms with Crippen LogP contribution in [0, 0.1) is 5.82 Å². The fourth-order valence-corrected chi connectivity index (χ4v) is 3.55. The number of nitrogens with zero attached hydrogens (tertiary/aromatic N) is 1. The first kappa shape index (κ1) is 13.7. The van der Waals surface area contributed by atoms with Crippen molar-refractivity contribution in [2.75, 3.05) is 23.7 Å². The lowest BCUT2D eigenvalue weighted by atomic mass is 10.1. The number of halogens is 1. The Labute approximate surface area is 112 Å². The molecule has 1 saturated heterocycles. The number of rotatable bonds is 3. The van der Waals surface area contributed by atoms with Gasteiger partial charge in [0.1, 0.15) is 5.82 Å². The largest absolute Gasteiger partial charge is 0.389 e. The highest BCUT2D eigenvalue weighted by Crippen LogP contribution is 2.33. The molecule has 1 aliphatic heterocycles. The minimum Gasteiger partial charge on any atom is -0.389 e. The van der Waals surface area contributed by atoms with Crippen LogP contribution in [0.2, 0.25) is 0 Å². The minimum atomic E-state index is -0.634. The summed E-state index contributed by atoms with van der Waals surface area (Å²) in [5.74, 6) is 0.793. The molecule has 1 aromatic carbocycles. The molecule has 4 heteroatoms. The highest BCUT2D eigenvalue weighted by molar-refractivity contribution is 8.00. The predicted molar refractivity (Wildman–Crippen MR) is 75.8 cm³/mol. The van der Waals surface area contributed by atoms with Gasteiger partial charge in [0.05, 0.1) is 11.8 Å². The summed E-state index contributed by atoms with van der Waals surface area (Å²) >= 11 is 1.96. The summed E-state index contributed by atoms with van der Waals surface area (Å²) in [7, 11) is 0. The Hall–Kier alpha value is -0.740. The quantitative estimate of drug-likeness (QED) is 0.911. The van der Waals surface area contributed by atoms with Crippen LogP contribution < -0.4 is 4.90 Å².